The molecule has 2 nitrogen and oxygen atoms in total. The fourth-order valence-electron chi connectivity index (χ4n) is 1.93. The van der Waals surface area contributed by atoms with Crippen LogP contribution in [0.5, 0.6) is 0 Å². The minimum absolute atomic E-state index is 0.596. The molecule has 0 saturated carbocycles. The predicted molar refractivity (Wildman–Crippen MR) is 76.3 cm³/mol. The van der Waals surface area contributed by atoms with E-state index in [4.69, 9.17) is 23.2 Å². The van der Waals surface area contributed by atoms with Crippen LogP contribution < -0.4 is 0 Å². The number of aromatic amines is 1. The normalized spacial score (nSPS) is 11.1. The van der Waals surface area contributed by atoms with Crippen molar-refractivity contribution in [3.05, 3.63) is 52.0 Å². The van der Waals surface area contributed by atoms with E-state index < -0.39 is 0 Å². The van der Waals surface area contributed by atoms with Gasteiger partial charge in [0.05, 0.1) is 16.1 Å². The van der Waals surface area contributed by atoms with Crippen LogP contribution in [-0.2, 0) is 0 Å². The summed E-state index contributed by atoms with van der Waals surface area (Å²) in [6, 6.07) is 11.5. The lowest BCUT2D eigenvalue weighted by atomic mass is 10.2. The molecule has 2 aromatic carbocycles. The quantitative estimate of drug-likeness (QED) is 0.677. The van der Waals surface area contributed by atoms with Gasteiger partial charge in [0, 0.05) is 10.6 Å². The number of H-pyrrole nitrogens is 1. The molecule has 0 unspecified atom stereocenters. The van der Waals surface area contributed by atoms with E-state index in [1.54, 1.807) is 12.1 Å². The minimum Gasteiger partial charge on any atom is -0.338 e. The van der Waals surface area contributed by atoms with E-state index in [1.165, 1.54) is 5.56 Å². The fourth-order valence-corrected chi connectivity index (χ4v) is 2.43. The Morgan fingerprint density at radius 1 is 1.06 bits per heavy atom. The molecular weight excluding hydrogens is 267 g/mol. The SMILES string of the molecule is Cc1ccc2nc(-c3ccc(Cl)cc3Cl)[nH]c2c1. The Morgan fingerprint density at radius 2 is 1.89 bits per heavy atom. The first-order valence-electron chi connectivity index (χ1n) is 5.55. The van der Waals surface area contributed by atoms with Crippen molar-refractivity contribution in [2.75, 3.05) is 0 Å². The molecular formula is C14H10Cl2N2. The summed E-state index contributed by atoms with van der Waals surface area (Å²) < 4.78 is 0. The molecule has 0 aliphatic heterocycles. The Balaban J connectivity index is 2.19. The lowest BCUT2D eigenvalue weighted by Gasteiger charge is -2.00. The van der Waals surface area contributed by atoms with Crippen molar-refractivity contribution in [2.24, 2.45) is 0 Å². The van der Waals surface area contributed by atoms with Gasteiger partial charge in [0.1, 0.15) is 5.82 Å². The lowest BCUT2D eigenvalue weighted by Crippen LogP contribution is -1.81. The van der Waals surface area contributed by atoms with Crippen LogP contribution >= 0.6 is 23.2 Å². The van der Waals surface area contributed by atoms with Gasteiger partial charge in [0.2, 0.25) is 0 Å². The van der Waals surface area contributed by atoms with Crippen molar-refractivity contribution >= 4 is 34.2 Å². The number of rotatable bonds is 1. The van der Waals surface area contributed by atoms with Crippen molar-refractivity contribution in [1.29, 1.82) is 0 Å². The van der Waals surface area contributed by atoms with Crippen molar-refractivity contribution < 1.29 is 0 Å². The van der Waals surface area contributed by atoms with Gasteiger partial charge in [-0.25, -0.2) is 4.98 Å². The van der Waals surface area contributed by atoms with E-state index in [9.17, 15) is 0 Å². The molecule has 0 aliphatic carbocycles. The highest BCUT2D eigenvalue weighted by Gasteiger charge is 2.09. The van der Waals surface area contributed by atoms with E-state index in [0.29, 0.717) is 10.0 Å². The molecule has 0 spiro atoms. The van der Waals surface area contributed by atoms with E-state index in [-0.39, 0.29) is 0 Å². The molecule has 3 aromatic rings. The number of halogens is 2. The third kappa shape index (κ3) is 1.98. The Kier molecular flexibility index (Phi) is 2.77. The molecule has 0 amide bonds. The average molecular weight is 277 g/mol. The molecule has 0 saturated heterocycles. The van der Waals surface area contributed by atoms with Crippen LogP contribution in [0.15, 0.2) is 36.4 Å². The highest BCUT2D eigenvalue weighted by atomic mass is 35.5. The van der Waals surface area contributed by atoms with E-state index in [1.807, 2.05) is 18.2 Å². The average Bonchev–Trinajstić information content (AvgIpc) is 2.71. The monoisotopic (exact) mass is 276 g/mol. The molecule has 0 atom stereocenters. The summed E-state index contributed by atoms with van der Waals surface area (Å²) in [7, 11) is 0. The van der Waals surface area contributed by atoms with Crippen molar-refractivity contribution in [3.63, 3.8) is 0 Å². The van der Waals surface area contributed by atoms with Gasteiger partial charge in [0.15, 0.2) is 0 Å². The van der Waals surface area contributed by atoms with Crippen LogP contribution in [0.4, 0.5) is 0 Å². The van der Waals surface area contributed by atoms with Gasteiger partial charge >= 0.3 is 0 Å². The number of hydrogen-bond acceptors (Lipinski definition) is 1. The topological polar surface area (TPSA) is 28.7 Å². The number of hydrogen-bond donors (Lipinski definition) is 1. The van der Waals surface area contributed by atoms with Crippen molar-refractivity contribution in [2.45, 2.75) is 6.92 Å². The molecule has 0 fully saturated rings. The fraction of sp³-hybridized carbons (Fsp3) is 0.0714. The van der Waals surface area contributed by atoms with Gasteiger partial charge in [-0.2, -0.15) is 0 Å². The number of imidazole rings is 1. The van der Waals surface area contributed by atoms with Gasteiger partial charge in [-0.3, -0.25) is 0 Å². The molecule has 0 radical (unpaired) electrons. The Bertz CT molecular complexity index is 732. The van der Waals surface area contributed by atoms with Crippen molar-refractivity contribution in [1.82, 2.24) is 9.97 Å². The highest BCUT2D eigenvalue weighted by Crippen LogP contribution is 2.29. The molecule has 90 valence electrons. The summed E-state index contributed by atoms with van der Waals surface area (Å²) in [5.74, 6) is 0.761. The highest BCUT2D eigenvalue weighted by molar-refractivity contribution is 6.36. The Hall–Kier alpha value is -1.51. The third-order valence-corrected chi connectivity index (χ3v) is 3.37. The van der Waals surface area contributed by atoms with Gasteiger partial charge in [-0.1, -0.05) is 29.3 Å². The number of aromatic nitrogens is 2. The van der Waals surface area contributed by atoms with Crippen LogP contribution in [0.3, 0.4) is 0 Å². The van der Waals surface area contributed by atoms with E-state index >= 15 is 0 Å². The van der Waals surface area contributed by atoms with Crippen LogP contribution in [0.1, 0.15) is 5.56 Å². The second-order valence-corrected chi connectivity index (χ2v) is 5.07. The molecule has 0 aliphatic rings. The zero-order chi connectivity index (χ0) is 12.7. The lowest BCUT2D eigenvalue weighted by molar-refractivity contribution is 1.34. The van der Waals surface area contributed by atoms with E-state index in [2.05, 4.69) is 23.0 Å². The first-order chi connectivity index (χ1) is 8.63. The number of aryl methyl sites for hydroxylation is 1. The summed E-state index contributed by atoms with van der Waals surface area (Å²) >= 11 is 12.1. The zero-order valence-corrected chi connectivity index (χ0v) is 11.2. The molecule has 4 heteroatoms. The van der Waals surface area contributed by atoms with Gasteiger partial charge in [0.25, 0.3) is 0 Å². The van der Waals surface area contributed by atoms with Crippen LogP contribution in [0, 0.1) is 6.92 Å². The van der Waals surface area contributed by atoms with Gasteiger partial charge in [-0.15, -0.1) is 0 Å². The first kappa shape index (κ1) is 11.6. The molecule has 1 aromatic heterocycles. The summed E-state index contributed by atoms with van der Waals surface area (Å²) in [6.07, 6.45) is 0. The smallest absolute Gasteiger partial charge is 0.139 e. The number of nitrogens with zero attached hydrogens (tertiary/aromatic N) is 1. The molecule has 3 rings (SSSR count). The maximum atomic E-state index is 6.18. The summed E-state index contributed by atoms with van der Waals surface area (Å²) in [6.45, 7) is 2.05. The number of fused-ring (bicyclic) bond motifs is 1. The number of benzene rings is 2. The second kappa shape index (κ2) is 4.30. The van der Waals surface area contributed by atoms with Crippen LogP contribution in [0.25, 0.3) is 22.4 Å². The molecule has 18 heavy (non-hydrogen) atoms. The standard InChI is InChI=1S/C14H10Cl2N2/c1-8-2-5-12-13(6-8)18-14(17-12)10-4-3-9(15)7-11(10)16/h2-7H,1H3,(H,17,18). The van der Waals surface area contributed by atoms with Crippen LogP contribution in [0.2, 0.25) is 10.0 Å². The first-order valence-corrected chi connectivity index (χ1v) is 6.31. The minimum atomic E-state index is 0.596. The predicted octanol–water partition coefficient (Wildman–Crippen LogP) is 4.85. The zero-order valence-electron chi connectivity index (χ0n) is 9.67. The second-order valence-electron chi connectivity index (χ2n) is 4.23. The Labute approximate surface area is 115 Å². The van der Waals surface area contributed by atoms with Crippen molar-refractivity contribution in [3.8, 4) is 11.4 Å². The van der Waals surface area contributed by atoms with E-state index in [0.717, 1.165) is 22.4 Å². The Morgan fingerprint density at radius 3 is 2.67 bits per heavy atom. The maximum absolute atomic E-state index is 6.18. The largest absolute Gasteiger partial charge is 0.338 e. The summed E-state index contributed by atoms with van der Waals surface area (Å²) in [5, 5.41) is 1.22. The number of nitrogens with one attached hydrogen (secondary N) is 1. The molecule has 1 heterocycles. The van der Waals surface area contributed by atoms with Gasteiger partial charge < -0.3 is 4.98 Å². The third-order valence-electron chi connectivity index (χ3n) is 2.82. The molecule has 0 bridgehead atoms. The summed E-state index contributed by atoms with van der Waals surface area (Å²) in [4.78, 5) is 7.81. The van der Waals surface area contributed by atoms with Gasteiger partial charge in [-0.05, 0) is 42.8 Å². The van der Waals surface area contributed by atoms with Crippen LogP contribution in [-0.4, -0.2) is 9.97 Å². The molecule has 1 N–H and O–H groups in total. The maximum Gasteiger partial charge on any atom is 0.139 e. The summed E-state index contributed by atoms with van der Waals surface area (Å²) in [5.41, 5.74) is 3.99.